The molecule has 0 aliphatic heterocycles. The average molecular weight is 807 g/mol. The summed E-state index contributed by atoms with van der Waals surface area (Å²) in [4.78, 5) is 13.5. The summed E-state index contributed by atoms with van der Waals surface area (Å²) >= 11 is 9.11. The number of hydrogen-bond donors (Lipinski definition) is 0. The van der Waals surface area contributed by atoms with Gasteiger partial charge < -0.3 is 0 Å². The van der Waals surface area contributed by atoms with Gasteiger partial charge in [-0.05, 0) is 0 Å². The molecule has 0 saturated heterocycles. The van der Waals surface area contributed by atoms with Crippen LogP contribution in [0.2, 0.25) is 0 Å². The van der Waals surface area contributed by atoms with Crippen LogP contribution in [0.3, 0.4) is 0 Å². The molecule has 7 heteroatoms. The van der Waals surface area contributed by atoms with E-state index >= 15 is 0 Å². The van der Waals surface area contributed by atoms with E-state index in [1.54, 1.807) is 0 Å². The zero-order chi connectivity index (χ0) is 28.3. The van der Waals surface area contributed by atoms with Gasteiger partial charge in [0.15, 0.2) is 0 Å². The Labute approximate surface area is 274 Å². The van der Waals surface area contributed by atoms with Crippen LogP contribution in [0, 0.1) is 41.5 Å². The number of nitrogens with zero attached hydrogens (tertiary/aromatic N) is 3. The zero-order valence-corrected chi connectivity index (χ0v) is 30.2. The molecule has 0 unspecified atom stereocenters. The summed E-state index contributed by atoms with van der Waals surface area (Å²) in [5, 5.41) is 3.71. The van der Waals surface area contributed by atoms with E-state index in [1.807, 2.05) is 39.0 Å². The van der Waals surface area contributed by atoms with E-state index in [0.29, 0.717) is 0 Å². The molecule has 3 aromatic carbocycles. The van der Waals surface area contributed by atoms with Crippen LogP contribution in [-0.4, -0.2) is 63.0 Å². The van der Waals surface area contributed by atoms with E-state index in [2.05, 4.69) is 138 Å². The van der Waals surface area contributed by atoms with E-state index in [4.69, 9.17) is 0 Å². The fourth-order valence-corrected chi connectivity index (χ4v) is 6.14. The fraction of sp³-hybridized carbons (Fsp3) is 0.182. The van der Waals surface area contributed by atoms with Crippen LogP contribution < -0.4 is 13.4 Å². The summed E-state index contributed by atoms with van der Waals surface area (Å²) in [6, 6.07) is 25.0. The number of rotatable bonds is 0. The average Bonchev–Trinajstić information content (AvgIpc) is 2.87. The van der Waals surface area contributed by atoms with Crippen molar-refractivity contribution in [2.45, 2.75) is 41.5 Å². The topological polar surface area (TPSA) is 38.7 Å². The molecule has 3 heterocycles. The van der Waals surface area contributed by atoms with Crippen LogP contribution in [0.25, 0.3) is 32.7 Å². The first-order valence-corrected chi connectivity index (χ1v) is 15.2. The minimum atomic E-state index is 0. The van der Waals surface area contributed by atoms with Gasteiger partial charge in [-0.15, -0.1) is 0 Å². The van der Waals surface area contributed by atoms with Crippen molar-refractivity contribution in [1.82, 2.24) is 15.0 Å². The Morgan fingerprint density at radius 2 is 0.675 bits per heavy atom. The summed E-state index contributed by atoms with van der Waals surface area (Å²) < 4.78 is 3.39. The fourth-order valence-electron chi connectivity index (χ4n) is 4.67. The Morgan fingerprint density at radius 3 is 0.925 bits per heavy atom. The molecule has 3 nitrogen and oxygen atoms in total. The number of hydrogen-bond acceptors (Lipinski definition) is 3. The van der Waals surface area contributed by atoms with Crippen LogP contribution >= 0.6 is 0 Å². The Kier molecular flexibility index (Phi) is 11.7. The van der Waals surface area contributed by atoms with Gasteiger partial charge in [0.25, 0.3) is 0 Å². The molecule has 0 amide bonds. The second kappa shape index (κ2) is 14.3. The van der Waals surface area contributed by atoms with Gasteiger partial charge in [0.1, 0.15) is 0 Å². The Bertz CT molecular complexity index is 1610. The molecule has 6 aromatic rings. The molecular weight excluding hydrogens is 776 g/mol. The summed E-state index contributed by atoms with van der Waals surface area (Å²) in [7, 11) is 0. The Hall–Kier alpha value is -1.93. The summed E-state index contributed by atoms with van der Waals surface area (Å²) in [5.74, 6) is 0. The van der Waals surface area contributed by atoms with E-state index in [1.165, 1.54) is 32.8 Å². The second-order valence-corrected chi connectivity index (χ2v) is 12.5. The molecule has 0 fully saturated rings. The molecule has 6 rings (SSSR count). The molecule has 40 heavy (non-hydrogen) atoms. The maximum atomic E-state index is 4.50. The molecule has 0 atom stereocenters. The molecule has 203 valence electrons. The Balaban J connectivity index is 0.000000163. The summed E-state index contributed by atoms with van der Waals surface area (Å²) in [6.07, 6.45) is 0. The molecule has 0 N–H and O–H groups in total. The van der Waals surface area contributed by atoms with Gasteiger partial charge in [0.05, 0.1) is 0 Å². The quantitative estimate of drug-likeness (QED) is 0.205. The van der Waals surface area contributed by atoms with Crippen LogP contribution in [0.5, 0.6) is 0 Å². The van der Waals surface area contributed by atoms with Gasteiger partial charge in [0.2, 0.25) is 0 Å². The minimum Gasteiger partial charge on any atom is 3.00 e. The molecule has 1 radical (unpaired) electrons. The SMILES string of the molecule is Cc1cc(C)c2cccc([Se-])c2n1.Cc1cc(C)c2cccc([Se-])c2n1.Cc1cc(C)c2cccc([Se-])c2n1.[Ru+3]. The number of fused-ring (bicyclic) bond motifs is 3. The summed E-state index contributed by atoms with van der Waals surface area (Å²) in [6.45, 7) is 12.4. The molecule has 3 aromatic heterocycles. The Morgan fingerprint density at radius 1 is 0.425 bits per heavy atom. The minimum absolute atomic E-state index is 0. The van der Waals surface area contributed by atoms with Gasteiger partial charge in [-0.25, -0.2) is 0 Å². The smallest absolute Gasteiger partial charge is 3.00 e. The van der Waals surface area contributed by atoms with Gasteiger partial charge in [-0.2, -0.15) is 0 Å². The first-order chi connectivity index (χ1) is 18.5. The number of aryl methyl sites for hydroxylation is 6. The van der Waals surface area contributed by atoms with Crippen LogP contribution in [0.4, 0.5) is 0 Å². The number of pyridine rings is 3. The van der Waals surface area contributed by atoms with Crippen molar-refractivity contribution in [3.63, 3.8) is 0 Å². The third-order valence-electron chi connectivity index (χ3n) is 6.41. The van der Waals surface area contributed by atoms with Crippen molar-refractivity contribution in [2.24, 2.45) is 0 Å². The van der Waals surface area contributed by atoms with E-state index in [-0.39, 0.29) is 19.5 Å². The molecule has 0 bridgehead atoms. The molecule has 0 saturated carbocycles. The van der Waals surface area contributed by atoms with Crippen molar-refractivity contribution < 1.29 is 19.5 Å². The van der Waals surface area contributed by atoms with Gasteiger partial charge >= 0.3 is 277 Å². The molecular formula is C33H30N3RuSe3. The van der Waals surface area contributed by atoms with Crippen molar-refractivity contribution in [1.29, 1.82) is 0 Å². The first-order valence-electron chi connectivity index (χ1n) is 12.7. The summed E-state index contributed by atoms with van der Waals surface area (Å²) in [5.41, 5.74) is 10.4. The van der Waals surface area contributed by atoms with Crippen molar-refractivity contribution in [3.05, 3.63) is 107 Å². The number of benzene rings is 3. The zero-order valence-electron chi connectivity index (χ0n) is 23.3. The third-order valence-corrected chi connectivity index (χ3v) is 8.49. The van der Waals surface area contributed by atoms with E-state index in [0.717, 1.165) is 47.0 Å². The van der Waals surface area contributed by atoms with Crippen LogP contribution in [0.1, 0.15) is 33.8 Å². The van der Waals surface area contributed by atoms with Gasteiger partial charge in [0, 0.05) is 0 Å². The normalized spacial score (nSPS) is 10.3. The van der Waals surface area contributed by atoms with Crippen molar-refractivity contribution in [3.8, 4) is 0 Å². The van der Waals surface area contributed by atoms with E-state index < -0.39 is 0 Å². The second-order valence-electron chi connectivity index (χ2n) is 9.70. The van der Waals surface area contributed by atoms with Crippen molar-refractivity contribution >= 4 is 94.1 Å². The maximum Gasteiger partial charge on any atom is 3.00 e. The molecule has 0 aliphatic rings. The largest absolute Gasteiger partial charge is 3.00 e. The van der Waals surface area contributed by atoms with Gasteiger partial charge in [-0.1, -0.05) is 0 Å². The number of aromatic nitrogens is 3. The van der Waals surface area contributed by atoms with Crippen molar-refractivity contribution in [2.75, 3.05) is 0 Å². The predicted octanol–water partition coefficient (Wildman–Crippen LogP) is 4.93. The molecule has 0 spiro atoms. The van der Waals surface area contributed by atoms with Crippen LogP contribution in [0.15, 0.2) is 72.8 Å². The molecule has 0 aliphatic carbocycles. The number of para-hydroxylation sites is 3. The van der Waals surface area contributed by atoms with E-state index in [9.17, 15) is 0 Å². The standard InChI is InChI=1S/3C11H11NSe.Ru/c3*1-7-6-8(2)12-11-9(7)4-3-5-10(11)13;/h3*3-6,13H,1-2H3;/q;;;+3/p-3. The van der Waals surface area contributed by atoms with Gasteiger partial charge in [-0.3, -0.25) is 0 Å². The maximum absolute atomic E-state index is 4.50. The monoisotopic (exact) mass is 810 g/mol. The predicted molar refractivity (Wildman–Crippen MR) is 170 cm³/mol. The van der Waals surface area contributed by atoms with Crippen LogP contribution in [-0.2, 0) is 19.5 Å². The third kappa shape index (κ3) is 7.67. The first kappa shape index (κ1) is 32.6.